The van der Waals surface area contributed by atoms with Gasteiger partial charge in [-0.15, -0.1) is 0 Å². The Labute approximate surface area is 294 Å². The molecule has 0 radical (unpaired) electrons. The minimum absolute atomic E-state index is 0.264. The van der Waals surface area contributed by atoms with Gasteiger partial charge in [0.2, 0.25) is 0 Å². The zero-order valence-corrected chi connectivity index (χ0v) is 31.2. The highest BCUT2D eigenvalue weighted by atomic mass is 32.2. The normalized spacial score (nSPS) is 11.5. The van der Waals surface area contributed by atoms with Crippen molar-refractivity contribution in [3.05, 3.63) is 0 Å². The van der Waals surface area contributed by atoms with Crippen LogP contribution in [0.25, 0.3) is 0 Å². The molecule has 0 amide bonds. The molecule has 0 saturated carbocycles. The van der Waals surface area contributed by atoms with Crippen LogP contribution >= 0.6 is 11.8 Å². The third kappa shape index (κ3) is 45.5. The number of hydrogen-bond donors (Lipinski definition) is 5. The second-order valence-corrected chi connectivity index (χ2v) is 14.4. The summed E-state index contributed by atoms with van der Waals surface area (Å²) in [4.78, 5) is 15.0. The van der Waals surface area contributed by atoms with Crippen LogP contribution < -0.4 is 16.0 Å². The number of carbonyl (C=O) groups is 1. The number of hydrogen-bond acceptors (Lipinski definition) is 9. The first-order valence-corrected chi connectivity index (χ1v) is 20.9. The van der Waals surface area contributed by atoms with E-state index in [9.17, 15) is 4.79 Å². The molecule has 0 heterocycles. The Morgan fingerprint density at radius 1 is 0.447 bits per heavy atom. The van der Waals surface area contributed by atoms with Gasteiger partial charge in [-0.3, -0.25) is 4.79 Å². The molecule has 0 rings (SSSR count). The smallest absolute Gasteiger partial charge is 0.303 e. The molecule has 282 valence electrons. The highest BCUT2D eigenvalue weighted by Crippen LogP contribution is 2.14. The number of unbranched alkanes of at least 4 members (excludes halogenated alkanes) is 21. The summed E-state index contributed by atoms with van der Waals surface area (Å²) in [6.45, 7) is 6.90. The largest absolute Gasteiger partial charge is 0.481 e. The predicted molar refractivity (Wildman–Crippen MR) is 199 cm³/mol. The first kappa shape index (κ1) is 46.5. The van der Waals surface area contributed by atoms with E-state index in [0.717, 1.165) is 51.9 Å². The lowest BCUT2D eigenvalue weighted by Crippen LogP contribution is -2.20. The van der Waals surface area contributed by atoms with Crippen molar-refractivity contribution in [2.24, 2.45) is 0 Å². The van der Waals surface area contributed by atoms with E-state index in [4.69, 9.17) is 10.4 Å². The van der Waals surface area contributed by atoms with Gasteiger partial charge in [-0.1, -0.05) is 109 Å². The monoisotopic (exact) mass is 692 g/mol. The average molecular weight is 692 g/mol. The number of nitrogens with one attached hydrogen (secondary N) is 3. The fourth-order valence-corrected chi connectivity index (χ4v) is 6.74. The van der Waals surface area contributed by atoms with E-state index in [0.29, 0.717) is 6.61 Å². The Morgan fingerprint density at radius 2 is 0.766 bits per heavy atom. The second-order valence-electron chi connectivity index (χ2n) is 13.2. The summed E-state index contributed by atoms with van der Waals surface area (Å²) in [6, 6.07) is 0. The van der Waals surface area contributed by atoms with E-state index >= 15 is 0 Å². The first-order valence-electron chi connectivity index (χ1n) is 19.8. The molecule has 9 nitrogen and oxygen atoms in total. The molecule has 0 spiro atoms. The first-order chi connectivity index (χ1) is 23.3. The van der Waals surface area contributed by atoms with Crippen LogP contribution in [0.5, 0.6) is 0 Å². The van der Waals surface area contributed by atoms with Crippen LogP contribution in [0, 0.1) is 0 Å². The molecule has 0 saturated heterocycles. The lowest BCUT2D eigenvalue weighted by Gasteiger charge is -2.06. The summed E-state index contributed by atoms with van der Waals surface area (Å²) in [5.74, 6) is 1.93. The average Bonchev–Trinajstić information content (AvgIpc) is 3.07. The van der Waals surface area contributed by atoms with Gasteiger partial charge in [-0.05, 0) is 119 Å². The maximum atomic E-state index is 10.5. The van der Waals surface area contributed by atoms with Crippen molar-refractivity contribution in [3.63, 3.8) is 0 Å². The maximum absolute atomic E-state index is 10.5. The molecule has 0 bridgehead atoms. The fourth-order valence-electron chi connectivity index (χ4n) is 5.72. The quantitative estimate of drug-likeness (QED) is 0.0240. The van der Waals surface area contributed by atoms with Crippen molar-refractivity contribution in [1.82, 2.24) is 16.0 Å². The number of aliphatic carboxylic acids is 1. The Kier molecular flexibility index (Phi) is 43.1. The van der Waals surface area contributed by atoms with Gasteiger partial charge in [0, 0.05) is 6.42 Å². The van der Waals surface area contributed by atoms with Gasteiger partial charge < -0.3 is 21.1 Å². The standard InChI is InChI=1S/C37H77N3O6S/c41-37(42)27-26-33-40-32-22-21-31-39-30-19-13-7-5-3-1-2-4-6-12-18-28-38-29-20-14-8-10-16-24-35-47-36-25-17-11-9-15-23-34-44-46-45-43/h38-40,43H,1-36H2,(H,41,42). The van der Waals surface area contributed by atoms with E-state index in [1.54, 1.807) is 0 Å². The molecule has 0 aromatic heterocycles. The molecule has 0 aromatic rings. The molecule has 5 N–H and O–H groups in total. The molecular formula is C37H77N3O6S. The maximum Gasteiger partial charge on any atom is 0.303 e. The van der Waals surface area contributed by atoms with Crippen molar-refractivity contribution in [2.45, 2.75) is 173 Å². The summed E-state index contributed by atoms with van der Waals surface area (Å²) in [7, 11) is 0. The summed E-state index contributed by atoms with van der Waals surface area (Å²) in [6.07, 6.45) is 34.1. The van der Waals surface area contributed by atoms with Crippen molar-refractivity contribution in [3.8, 4) is 0 Å². The fraction of sp³-hybridized carbons (Fsp3) is 0.973. The van der Waals surface area contributed by atoms with Gasteiger partial charge in [0.1, 0.15) is 0 Å². The second kappa shape index (κ2) is 43.6. The minimum atomic E-state index is -0.704. The number of rotatable bonds is 43. The van der Waals surface area contributed by atoms with E-state index in [2.05, 4.69) is 42.7 Å². The van der Waals surface area contributed by atoms with Gasteiger partial charge in [0.15, 0.2) is 0 Å². The molecule has 10 heteroatoms. The summed E-state index contributed by atoms with van der Waals surface area (Å²) < 4.78 is 0. The lowest BCUT2D eigenvalue weighted by molar-refractivity contribution is -0.623. The van der Waals surface area contributed by atoms with Gasteiger partial charge in [0.05, 0.1) is 6.61 Å². The molecule has 0 aliphatic rings. The van der Waals surface area contributed by atoms with Crippen LogP contribution in [-0.2, 0) is 19.8 Å². The van der Waals surface area contributed by atoms with Crippen molar-refractivity contribution in [2.75, 3.05) is 57.4 Å². The number of thioether (sulfide) groups is 1. The molecule has 0 fully saturated rings. The van der Waals surface area contributed by atoms with Crippen LogP contribution in [0.2, 0.25) is 0 Å². The highest BCUT2D eigenvalue weighted by molar-refractivity contribution is 7.99. The topological polar surface area (TPSA) is 121 Å². The van der Waals surface area contributed by atoms with E-state index < -0.39 is 5.97 Å². The zero-order chi connectivity index (χ0) is 34.0. The van der Waals surface area contributed by atoms with E-state index in [1.165, 1.54) is 166 Å². The van der Waals surface area contributed by atoms with Crippen LogP contribution in [0.15, 0.2) is 0 Å². The number of carboxylic acid groups (broad SMARTS) is 1. The summed E-state index contributed by atoms with van der Waals surface area (Å²) >= 11 is 2.13. The molecule has 47 heavy (non-hydrogen) atoms. The molecule has 0 aromatic carbocycles. The minimum Gasteiger partial charge on any atom is -0.481 e. The van der Waals surface area contributed by atoms with E-state index in [-0.39, 0.29) is 6.42 Å². The Bertz CT molecular complexity index is 594. The molecular weight excluding hydrogens is 614 g/mol. The van der Waals surface area contributed by atoms with Crippen LogP contribution in [0.3, 0.4) is 0 Å². The van der Waals surface area contributed by atoms with Gasteiger partial charge in [-0.25, -0.2) is 10.1 Å². The Hall–Kier alpha value is -0.460. The molecule has 0 aliphatic heterocycles. The van der Waals surface area contributed by atoms with Crippen molar-refractivity contribution >= 4 is 17.7 Å². The zero-order valence-electron chi connectivity index (χ0n) is 30.4. The van der Waals surface area contributed by atoms with Crippen LogP contribution in [-0.4, -0.2) is 73.7 Å². The van der Waals surface area contributed by atoms with Crippen molar-refractivity contribution < 1.29 is 30.1 Å². The van der Waals surface area contributed by atoms with Gasteiger partial charge in [-0.2, -0.15) is 11.8 Å². The predicted octanol–water partition coefficient (Wildman–Crippen LogP) is 9.46. The molecule has 0 atom stereocenters. The highest BCUT2D eigenvalue weighted by Gasteiger charge is 1.98. The molecule has 0 unspecified atom stereocenters. The summed E-state index contributed by atoms with van der Waals surface area (Å²) in [5, 5.41) is 34.4. The Morgan fingerprint density at radius 3 is 1.15 bits per heavy atom. The van der Waals surface area contributed by atoms with Crippen LogP contribution in [0.1, 0.15) is 173 Å². The molecule has 0 aliphatic carbocycles. The third-order valence-electron chi connectivity index (χ3n) is 8.65. The Balaban J connectivity index is 3.04. The lowest BCUT2D eigenvalue weighted by atomic mass is 10.1. The van der Waals surface area contributed by atoms with Crippen molar-refractivity contribution in [1.29, 1.82) is 0 Å². The van der Waals surface area contributed by atoms with Gasteiger partial charge >= 0.3 is 5.97 Å². The SMILES string of the molecule is O=C(O)CCCNCCCCNCCCCCCCCCCCCCNCCCCCCCCSCCCCCCCCOOOO. The number of carboxylic acids is 1. The summed E-state index contributed by atoms with van der Waals surface area (Å²) in [5.41, 5.74) is 0. The van der Waals surface area contributed by atoms with E-state index in [1.807, 2.05) is 0 Å². The third-order valence-corrected chi connectivity index (χ3v) is 9.80. The van der Waals surface area contributed by atoms with Gasteiger partial charge in [0.25, 0.3) is 0 Å². The van der Waals surface area contributed by atoms with Crippen LogP contribution in [0.4, 0.5) is 0 Å².